The highest BCUT2D eigenvalue weighted by Gasteiger charge is 2.65. The van der Waals surface area contributed by atoms with Crippen molar-refractivity contribution < 1.29 is 32.7 Å². The summed E-state index contributed by atoms with van der Waals surface area (Å²) in [5.74, 6) is 0.712. The number of esters is 2. The summed E-state index contributed by atoms with van der Waals surface area (Å²) < 4.78 is 27.9. The first kappa shape index (κ1) is 28.5. The molecule has 2 aliphatic carbocycles. The van der Waals surface area contributed by atoms with Crippen molar-refractivity contribution in [2.24, 2.45) is 5.92 Å². The van der Waals surface area contributed by atoms with Crippen LogP contribution in [0, 0.1) is 5.92 Å². The molecule has 0 saturated carbocycles. The Morgan fingerprint density at radius 2 is 1.72 bits per heavy atom. The second kappa shape index (κ2) is 12.7. The summed E-state index contributed by atoms with van der Waals surface area (Å²) in [6, 6.07) is 7.11. The van der Waals surface area contributed by atoms with Gasteiger partial charge in [-0.25, -0.2) is 0 Å². The number of hydrogen-bond donors (Lipinski definition) is 0. The lowest BCUT2D eigenvalue weighted by atomic mass is 9.53. The zero-order valence-corrected chi connectivity index (χ0v) is 26.4. The second-order valence-corrected chi connectivity index (χ2v) is 14.5. The molecule has 0 amide bonds. The Morgan fingerprint density at radius 3 is 2.26 bits per heavy atom. The fourth-order valence-electron chi connectivity index (χ4n) is 7.11. The van der Waals surface area contributed by atoms with Crippen molar-refractivity contribution in [3.8, 4) is 11.5 Å². The average Bonchev–Trinajstić information content (AvgIpc) is 3.30. The Kier molecular flexibility index (Phi) is 9.28. The maximum absolute atomic E-state index is 11.7. The molecule has 0 N–H and O–H groups in total. The lowest BCUT2D eigenvalue weighted by Crippen LogP contribution is -2.65. The third kappa shape index (κ3) is 5.90. The Bertz CT molecular complexity index is 1040. The van der Waals surface area contributed by atoms with Gasteiger partial charge < -0.3 is 28.0 Å². The molecule has 7 rings (SSSR count). The molecule has 6 aliphatic rings. The molecule has 0 radical (unpaired) electrons. The molecule has 3 fully saturated rings. The Morgan fingerprint density at radius 1 is 1.00 bits per heavy atom. The van der Waals surface area contributed by atoms with Crippen LogP contribution in [-0.4, -0.2) is 81.4 Å². The number of hydrogen-bond acceptors (Lipinski definition) is 8. The van der Waals surface area contributed by atoms with E-state index in [4.69, 9.17) is 23.1 Å². The van der Waals surface area contributed by atoms with Gasteiger partial charge in [0.2, 0.25) is 0 Å². The number of carbonyl (C=O) groups is 2. The quantitative estimate of drug-likeness (QED) is 0.231. The summed E-state index contributed by atoms with van der Waals surface area (Å²) in [5, 5.41) is 0. The van der Waals surface area contributed by atoms with Gasteiger partial charge in [-0.2, -0.15) is 0 Å². The van der Waals surface area contributed by atoms with E-state index in [2.05, 4.69) is 24.1 Å². The third-order valence-electron chi connectivity index (χ3n) is 8.83. The van der Waals surface area contributed by atoms with Crippen LogP contribution >= 0.6 is 0 Å². The van der Waals surface area contributed by atoms with Crippen LogP contribution in [-0.2, 0) is 35.0 Å². The van der Waals surface area contributed by atoms with Crippen molar-refractivity contribution in [2.75, 3.05) is 26.8 Å². The lowest BCUT2D eigenvalue weighted by molar-refractivity contribution is -0.152. The summed E-state index contributed by atoms with van der Waals surface area (Å²) in [6.45, 7) is 5.90. The van der Waals surface area contributed by atoms with Gasteiger partial charge in [0.25, 0.3) is 0 Å². The van der Waals surface area contributed by atoms with Crippen molar-refractivity contribution >= 4 is 31.5 Å². The molecule has 10 heteroatoms. The van der Waals surface area contributed by atoms with Gasteiger partial charge in [0.05, 0.1) is 0 Å². The number of likely N-dealkylation sites (tertiary alicyclic amines) is 1. The van der Waals surface area contributed by atoms with E-state index < -0.39 is 6.10 Å². The SMILES string of the molecule is C1CC[SiH2]OC1.C1CC[SiH2]OC1.CC(=O)Oc1ccc2c3c1O[C@H]1[C@@H](OC(C)=O)C=C[C@H]4[C@@H](C2)N(C)CC[C@@]341. The topological polar surface area (TPSA) is 83.5 Å². The van der Waals surface area contributed by atoms with Crippen molar-refractivity contribution in [1.29, 1.82) is 0 Å². The second-order valence-electron chi connectivity index (χ2n) is 11.4. The summed E-state index contributed by atoms with van der Waals surface area (Å²) in [4.78, 5) is 25.7. The number of rotatable bonds is 2. The smallest absolute Gasteiger partial charge is 0.308 e. The normalized spacial score (nSPS) is 33.0. The monoisotopic (exact) mass is 573 g/mol. The van der Waals surface area contributed by atoms with E-state index in [0.29, 0.717) is 17.5 Å². The molecule has 1 aromatic carbocycles. The van der Waals surface area contributed by atoms with Gasteiger partial charge in [0.1, 0.15) is 6.10 Å². The van der Waals surface area contributed by atoms with E-state index in [1.807, 2.05) is 12.1 Å². The number of carbonyl (C=O) groups excluding carboxylic acids is 2. The first-order valence-corrected chi connectivity index (χ1v) is 17.8. The predicted molar refractivity (Wildman–Crippen MR) is 154 cm³/mol. The minimum absolute atomic E-state index is 0.00849. The van der Waals surface area contributed by atoms with Gasteiger partial charge >= 0.3 is 11.9 Å². The van der Waals surface area contributed by atoms with Crippen LogP contribution in [0.1, 0.15) is 57.1 Å². The van der Waals surface area contributed by atoms with Crippen molar-refractivity contribution in [2.45, 2.75) is 88.1 Å². The van der Waals surface area contributed by atoms with E-state index in [1.165, 1.54) is 57.2 Å². The van der Waals surface area contributed by atoms with Crippen molar-refractivity contribution in [3.05, 3.63) is 35.4 Å². The summed E-state index contributed by atoms with van der Waals surface area (Å²) in [6.07, 6.45) is 10.8. The van der Waals surface area contributed by atoms with Crippen LogP contribution < -0.4 is 9.47 Å². The highest BCUT2D eigenvalue weighted by molar-refractivity contribution is 6.27. The van der Waals surface area contributed by atoms with E-state index >= 15 is 0 Å². The molecule has 8 nitrogen and oxygen atoms in total. The number of piperidine rings is 1. The molecule has 3 saturated heterocycles. The molecule has 4 aliphatic heterocycles. The van der Waals surface area contributed by atoms with Crippen molar-refractivity contribution in [1.82, 2.24) is 4.90 Å². The summed E-state index contributed by atoms with van der Waals surface area (Å²) in [5.41, 5.74) is 2.15. The molecule has 1 spiro atoms. The number of nitrogens with zero attached hydrogens (tertiary/aromatic N) is 1. The van der Waals surface area contributed by atoms with Gasteiger partial charge in [-0.1, -0.05) is 25.0 Å². The van der Waals surface area contributed by atoms with Crippen LogP contribution in [0.5, 0.6) is 11.5 Å². The average molecular weight is 574 g/mol. The molecule has 4 heterocycles. The van der Waals surface area contributed by atoms with Gasteiger partial charge in [0.15, 0.2) is 37.1 Å². The Balaban J connectivity index is 0.000000211. The van der Waals surface area contributed by atoms with E-state index in [0.717, 1.165) is 38.2 Å². The van der Waals surface area contributed by atoms with E-state index in [9.17, 15) is 9.59 Å². The van der Waals surface area contributed by atoms with Crippen LogP contribution in [0.3, 0.4) is 0 Å². The lowest BCUT2D eigenvalue weighted by Gasteiger charge is -2.56. The first-order valence-electron chi connectivity index (χ1n) is 14.6. The zero-order chi connectivity index (χ0) is 27.4. The van der Waals surface area contributed by atoms with Gasteiger partial charge in [-0.15, -0.1) is 0 Å². The fourth-order valence-corrected chi connectivity index (χ4v) is 9.45. The predicted octanol–water partition coefficient (Wildman–Crippen LogP) is 2.59. The fraction of sp³-hybridized carbons (Fsp3) is 0.655. The van der Waals surface area contributed by atoms with E-state index in [1.54, 1.807) is 0 Å². The minimum Gasteiger partial charge on any atom is -0.481 e. The van der Waals surface area contributed by atoms with Crippen LogP contribution in [0.2, 0.25) is 12.1 Å². The van der Waals surface area contributed by atoms with Crippen LogP contribution in [0.4, 0.5) is 0 Å². The summed E-state index contributed by atoms with van der Waals surface area (Å²) in [7, 11) is 2.19. The summed E-state index contributed by atoms with van der Waals surface area (Å²) >= 11 is 0. The molecular weight excluding hydrogens is 530 g/mol. The minimum atomic E-state index is -0.439. The van der Waals surface area contributed by atoms with E-state index in [-0.39, 0.29) is 48.9 Å². The maximum Gasteiger partial charge on any atom is 0.308 e. The first-order chi connectivity index (χ1) is 18.9. The molecule has 39 heavy (non-hydrogen) atoms. The van der Waals surface area contributed by atoms with Crippen molar-refractivity contribution in [3.63, 3.8) is 0 Å². The number of benzene rings is 1. The Hall–Kier alpha value is -1.99. The molecule has 1 aromatic rings. The number of ether oxygens (including phenoxy) is 3. The highest BCUT2D eigenvalue weighted by atomic mass is 28.2. The molecule has 0 aromatic heterocycles. The number of likely N-dealkylation sites (N-methyl/N-ethyl adjacent to an activating group) is 1. The van der Waals surface area contributed by atoms with Crippen LogP contribution in [0.25, 0.3) is 0 Å². The van der Waals surface area contributed by atoms with Crippen LogP contribution in [0.15, 0.2) is 24.3 Å². The Labute approximate surface area is 236 Å². The molecule has 5 atom stereocenters. The van der Waals surface area contributed by atoms with Gasteiger partial charge in [0, 0.05) is 50.0 Å². The molecule has 2 bridgehead atoms. The van der Waals surface area contributed by atoms with Gasteiger partial charge in [-0.3, -0.25) is 9.59 Å². The molecular formula is C29H43NO7Si2. The standard InChI is InChI=1S/C21H23NO5.2C4H10OSi/c1-11(23)25-16-6-4-13-10-15-14-5-7-17(26-12(2)24)20-21(14,8-9-22(15)3)18(13)19(16)27-20;2*1-2-4-6-5-3-1/h4-7,14-15,17,20H,8-10H2,1-3H3;2*1-4,6H2/t14-,15+,17-,20-,21-;;/m0../s1. The molecule has 0 unspecified atom stereocenters. The highest BCUT2D eigenvalue weighted by Crippen LogP contribution is 2.62. The maximum atomic E-state index is 11.7. The zero-order valence-electron chi connectivity index (χ0n) is 23.6. The largest absolute Gasteiger partial charge is 0.481 e. The molecule has 214 valence electrons. The third-order valence-corrected chi connectivity index (χ3v) is 11.6. The van der Waals surface area contributed by atoms with Gasteiger partial charge in [-0.05, 0) is 69.1 Å².